The molecule has 2 aromatic carbocycles. The molecule has 26 heavy (non-hydrogen) atoms. The molecule has 1 amide bonds. The molecular formula is C23H27NO2. The van der Waals surface area contributed by atoms with Crippen LogP contribution in [0.4, 0.5) is 0 Å². The van der Waals surface area contributed by atoms with E-state index < -0.39 is 6.04 Å². The van der Waals surface area contributed by atoms with E-state index in [-0.39, 0.29) is 11.8 Å². The quantitative estimate of drug-likeness (QED) is 0.645. The Labute approximate surface area is 156 Å². The molecule has 0 bridgehead atoms. The van der Waals surface area contributed by atoms with Gasteiger partial charge in [0.25, 0.3) is 0 Å². The monoisotopic (exact) mass is 349 g/mol. The Morgan fingerprint density at radius 1 is 1.04 bits per heavy atom. The molecule has 2 atom stereocenters. The fraction of sp³-hybridized carbons (Fsp3) is 0.304. The zero-order chi connectivity index (χ0) is 18.6. The number of benzene rings is 2. The van der Waals surface area contributed by atoms with Crippen LogP contribution in [-0.2, 0) is 16.0 Å². The van der Waals surface area contributed by atoms with Gasteiger partial charge in [0.15, 0.2) is 0 Å². The van der Waals surface area contributed by atoms with Crippen LogP contribution in [0.15, 0.2) is 66.7 Å². The number of amides is 1. The Morgan fingerprint density at radius 3 is 2.31 bits per heavy atom. The lowest BCUT2D eigenvalue weighted by Crippen LogP contribution is -2.40. The van der Waals surface area contributed by atoms with E-state index in [9.17, 15) is 9.59 Å². The summed E-state index contributed by atoms with van der Waals surface area (Å²) in [5.41, 5.74) is 2.15. The molecular weight excluding hydrogens is 322 g/mol. The van der Waals surface area contributed by atoms with Crippen molar-refractivity contribution in [3.05, 3.63) is 77.9 Å². The SMILES string of the molecule is CCCCC(C=O)NC(=O)C(/C=C/c1ccccc1)Cc1ccccc1. The van der Waals surface area contributed by atoms with E-state index in [2.05, 4.69) is 12.2 Å². The zero-order valence-electron chi connectivity index (χ0n) is 15.3. The molecule has 0 heterocycles. The topological polar surface area (TPSA) is 46.2 Å². The summed E-state index contributed by atoms with van der Waals surface area (Å²) in [5, 5.41) is 2.90. The summed E-state index contributed by atoms with van der Waals surface area (Å²) in [6, 6.07) is 19.5. The summed E-state index contributed by atoms with van der Waals surface area (Å²) in [7, 11) is 0. The highest BCUT2D eigenvalue weighted by Crippen LogP contribution is 2.14. The third-order valence-corrected chi connectivity index (χ3v) is 4.32. The predicted molar refractivity (Wildman–Crippen MR) is 107 cm³/mol. The van der Waals surface area contributed by atoms with E-state index in [0.717, 1.165) is 30.3 Å². The van der Waals surface area contributed by atoms with Crippen molar-refractivity contribution in [2.24, 2.45) is 5.92 Å². The summed E-state index contributed by atoms with van der Waals surface area (Å²) in [6.45, 7) is 2.07. The van der Waals surface area contributed by atoms with Gasteiger partial charge in [0, 0.05) is 0 Å². The molecule has 0 aromatic heterocycles. The van der Waals surface area contributed by atoms with Gasteiger partial charge in [-0.1, -0.05) is 92.6 Å². The lowest BCUT2D eigenvalue weighted by atomic mass is 9.96. The van der Waals surface area contributed by atoms with Crippen molar-refractivity contribution in [3.63, 3.8) is 0 Å². The Bertz CT molecular complexity index is 695. The molecule has 0 spiro atoms. The lowest BCUT2D eigenvalue weighted by molar-refractivity contribution is -0.126. The average Bonchev–Trinajstić information content (AvgIpc) is 2.69. The lowest BCUT2D eigenvalue weighted by Gasteiger charge is -2.17. The molecule has 1 N–H and O–H groups in total. The maximum atomic E-state index is 12.8. The Hall–Kier alpha value is -2.68. The van der Waals surface area contributed by atoms with E-state index >= 15 is 0 Å². The van der Waals surface area contributed by atoms with Crippen LogP contribution in [0.1, 0.15) is 37.3 Å². The minimum atomic E-state index is -0.411. The minimum absolute atomic E-state index is 0.103. The first-order valence-corrected chi connectivity index (χ1v) is 9.25. The van der Waals surface area contributed by atoms with Gasteiger partial charge in [-0.15, -0.1) is 0 Å². The average molecular weight is 349 g/mol. The van der Waals surface area contributed by atoms with Crippen molar-refractivity contribution >= 4 is 18.3 Å². The predicted octanol–water partition coefficient (Wildman–Crippen LogP) is 4.43. The molecule has 3 nitrogen and oxygen atoms in total. The van der Waals surface area contributed by atoms with E-state index in [0.29, 0.717) is 12.8 Å². The van der Waals surface area contributed by atoms with Crippen LogP contribution in [0.5, 0.6) is 0 Å². The molecule has 0 fully saturated rings. The maximum Gasteiger partial charge on any atom is 0.227 e. The zero-order valence-corrected chi connectivity index (χ0v) is 15.3. The normalized spacial score (nSPS) is 13.3. The molecule has 0 radical (unpaired) electrons. The molecule has 0 saturated heterocycles. The smallest absolute Gasteiger partial charge is 0.227 e. The highest BCUT2D eigenvalue weighted by Gasteiger charge is 2.19. The molecule has 0 aliphatic rings. The van der Waals surface area contributed by atoms with Crippen molar-refractivity contribution < 1.29 is 9.59 Å². The van der Waals surface area contributed by atoms with E-state index in [1.165, 1.54) is 0 Å². The fourth-order valence-electron chi connectivity index (χ4n) is 2.80. The summed E-state index contributed by atoms with van der Waals surface area (Å²) < 4.78 is 0. The summed E-state index contributed by atoms with van der Waals surface area (Å²) in [5.74, 6) is -0.420. The van der Waals surface area contributed by atoms with Gasteiger partial charge in [-0.25, -0.2) is 0 Å². The molecule has 136 valence electrons. The first-order valence-electron chi connectivity index (χ1n) is 9.25. The minimum Gasteiger partial charge on any atom is -0.346 e. The van der Waals surface area contributed by atoms with Gasteiger partial charge in [0.05, 0.1) is 12.0 Å². The van der Waals surface area contributed by atoms with Crippen molar-refractivity contribution in [1.29, 1.82) is 0 Å². The number of hydrogen-bond donors (Lipinski definition) is 1. The second-order valence-corrected chi connectivity index (χ2v) is 6.46. The standard InChI is InChI=1S/C23H27NO2/c1-2-3-14-22(18-25)24-23(26)21(17-20-12-8-5-9-13-20)16-15-19-10-6-4-7-11-19/h4-13,15-16,18,21-22H,2-3,14,17H2,1H3,(H,24,26)/b16-15+. The third-order valence-electron chi connectivity index (χ3n) is 4.32. The summed E-state index contributed by atoms with van der Waals surface area (Å²) in [4.78, 5) is 24.1. The number of aldehydes is 1. The molecule has 2 aromatic rings. The van der Waals surface area contributed by atoms with Crippen LogP contribution in [-0.4, -0.2) is 18.2 Å². The number of unbranched alkanes of at least 4 members (excludes halogenated alkanes) is 1. The Balaban J connectivity index is 2.12. The van der Waals surface area contributed by atoms with Gasteiger partial charge < -0.3 is 10.1 Å². The molecule has 3 heteroatoms. The first-order chi connectivity index (χ1) is 12.7. The molecule has 0 saturated carbocycles. The second-order valence-electron chi connectivity index (χ2n) is 6.46. The van der Waals surface area contributed by atoms with E-state index in [4.69, 9.17) is 0 Å². The van der Waals surface area contributed by atoms with Crippen molar-refractivity contribution in [3.8, 4) is 0 Å². The third kappa shape index (κ3) is 6.67. The summed E-state index contributed by atoms with van der Waals surface area (Å²) >= 11 is 0. The highest BCUT2D eigenvalue weighted by molar-refractivity contribution is 5.84. The van der Waals surface area contributed by atoms with Gasteiger partial charge >= 0.3 is 0 Å². The van der Waals surface area contributed by atoms with Crippen LogP contribution in [0.25, 0.3) is 6.08 Å². The largest absolute Gasteiger partial charge is 0.346 e. The Morgan fingerprint density at radius 2 is 1.69 bits per heavy atom. The van der Waals surface area contributed by atoms with Gasteiger partial charge in [-0.2, -0.15) is 0 Å². The number of nitrogens with one attached hydrogen (secondary N) is 1. The van der Waals surface area contributed by atoms with Crippen molar-refractivity contribution in [1.82, 2.24) is 5.32 Å². The summed E-state index contributed by atoms with van der Waals surface area (Å²) in [6.07, 6.45) is 7.96. The number of rotatable bonds is 10. The van der Waals surface area contributed by atoms with Gasteiger partial charge in [-0.3, -0.25) is 4.79 Å². The van der Waals surface area contributed by atoms with E-state index in [1.54, 1.807) is 0 Å². The van der Waals surface area contributed by atoms with Gasteiger partial charge in [-0.05, 0) is 24.0 Å². The fourth-order valence-corrected chi connectivity index (χ4v) is 2.80. The van der Waals surface area contributed by atoms with Crippen molar-refractivity contribution in [2.45, 2.75) is 38.6 Å². The van der Waals surface area contributed by atoms with E-state index in [1.807, 2.05) is 72.8 Å². The Kier molecular flexibility index (Phi) is 8.34. The van der Waals surface area contributed by atoms with Gasteiger partial charge in [0.1, 0.15) is 6.29 Å². The van der Waals surface area contributed by atoms with Crippen LogP contribution in [0.2, 0.25) is 0 Å². The maximum absolute atomic E-state index is 12.8. The first kappa shape index (κ1) is 19.6. The van der Waals surface area contributed by atoms with Crippen LogP contribution >= 0.6 is 0 Å². The highest BCUT2D eigenvalue weighted by atomic mass is 16.2. The molecule has 2 rings (SSSR count). The van der Waals surface area contributed by atoms with Gasteiger partial charge in [0.2, 0.25) is 5.91 Å². The molecule has 2 unspecified atom stereocenters. The van der Waals surface area contributed by atoms with Crippen molar-refractivity contribution in [2.75, 3.05) is 0 Å². The number of carbonyl (C=O) groups is 2. The van der Waals surface area contributed by atoms with Crippen LogP contribution in [0.3, 0.4) is 0 Å². The van der Waals surface area contributed by atoms with Crippen LogP contribution in [0, 0.1) is 5.92 Å². The molecule has 0 aliphatic heterocycles. The number of hydrogen-bond acceptors (Lipinski definition) is 2. The molecule has 0 aliphatic carbocycles. The number of carbonyl (C=O) groups excluding carboxylic acids is 2. The second kappa shape index (κ2) is 11.0. The van der Waals surface area contributed by atoms with Crippen LogP contribution < -0.4 is 5.32 Å².